The Morgan fingerprint density at radius 2 is 1.81 bits per heavy atom. The molecular weight excluding hydrogens is 280 g/mol. The summed E-state index contributed by atoms with van der Waals surface area (Å²) in [4.78, 5) is 22.0. The molecule has 1 rings (SSSR count). The SMILES string of the molecule is Cc1ccc(F)c(C(=O)NCCCCCCC(=O)O)c1F. The molecule has 0 heterocycles. The first-order valence-corrected chi connectivity index (χ1v) is 6.88. The van der Waals surface area contributed by atoms with Gasteiger partial charge in [0.05, 0.1) is 0 Å². The maximum atomic E-state index is 13.7. The van der Waals surface area contributed by atoms with Gasteiger partial charge in [-0.05, 0) is 31.4 Å². The Hall–Kier alpha value is -1.98. The van der Waals surface area contributed by atoms with Gasteiger partial charge in [0.25, 0.3) is 5.91 Å². The monoisotopic (exact) mass is 299 g/mol. The number of rotatable bonds is 8. The van der Waals surface area contributed by atoms with Crippen LogP contribution in [0.4, 0.5) is 8.78 Å². The predicted molar refractivity (Wildman–Crippen MR) is 74.1 cm³/mol. The minimum absolute atomic E-state index is 0.131. The first-order valence-electron chi connectivity index (χ1n) is 6.88. The zero-order valence-corrected chi connectivity index (χ0v) is 11.9. The number of hydrogen-bond acceptors (Lipinski definition) is 2. The first kappa shape index (κ1) is 17.1. The van der Waals surface area contributed by atoms with Crippen LogP contribution in [-0.2, 0) is 4.79 Å². The summed E-state index contributed by atoms with van der Waals surface area (Å²) in [5.74, 6) is -3.31. The van der Waals surface area contributed by atoms with E-state index in [0.29, 0.717) is 19.4 Å². The molecule has 0 atom stereocenters. The van der Waals surface area contributed by atoms with Crippen LogP contribution >= 0.6 is 0 Å². The molecule has 21 heavy (non-hydrogen) atoms. The summed E-state index contributed by atoms with van der Waals surface area (Å²) in [6, 6.07) is 2.35. The minimum atomic E-state index is -0.878. The number of hydrogen-bond donors (Lipinski definition) is 2. The molecule has 0 aromatic heterocycles. The highest BCUT2D eigenvalue weighted by Crippen LogP contribution is 2.16. The number of carbonyl (C=O) groups is 2. The number of carboxylic acids is 1. The molecule has 0 aliphatic carbocycles. The van der Waals surface area contributed by atoms with Gasteiger partial charge in [-0.25, -0.2) is 8.78 Å². The summed E-state index contributed by atoms with van der Waals surface area (Å²) >= 11 is 0. The molecule has 0 aliphatic heterocycles. The quantitative estimate of drug-likeness (QED) is 0.725. The van der Waals surface area contributed by atoms with Gasteiger partial charge in [0, 0.05) is 13.0 Å². The molecule has 6 heteroatoms. The molecule has 116 valence electrons. The molecule has 2 N–H and O–H groups in total. The van der Waals surface area contributed by atoms with Crippen LogP contribution in [0.5, 0.6) is 0 Å². The number of benzene rings is 1. The van der Waals surface area contributed by atoms with Crippen LogP contribution < -0.4 is 5.32 Å². The van der Waals surface area contributed by atoms with E-state index in [2.05, 4.69) is 5.32 Å². The lowest BCUT2D eigenvalue weighted by Gasteiger charge is -2.08. The molecule has 0 spiro atoms. The average molecular weight is 299 g/mol. The third kappa shape index (κ3) is 5.49. The Bertz CT molecular complexity index is 518. The van der Waals surface area contributed by atoms with Crippen LogP contribution in [0.25, 0.3) is 0 Å². The number of halogens is 2. The van der Waals surface area contributed by atoms with Gasteiger partial charge < -0.3 is 10.4 Å². The fraction of sp³-hybridized carbons (Fsp3) is 0.467. The smallest absolute Gasteiger partial charge is 0.303 e. The Labute approximate surface area is 122 Å². The van der Waals surface area contributed by atoms with E-state index < -0.39 is 29.1 Å². The maximum absolute atomic E-state index is 13.7. The number of amides is 1. The zero-order chi connectivity index (χ0) is 15.8. The first-order chi connectivity index (χ1) is 9.93. The Balaban J connectivity index is 2.35. The highest BCUT2D eigenvalue weighted by molar-refractivity contribution is 5.94. The Morgan fingerprint density at radius 1 is 1.14 bits per heavy atom. The van der Waals surface area contributed by atoms with Crippen LogP contribution in [0, 0.1) is 18.6 Å². The lowest BCUT2D eigenvalue weighted by atomic mass is 10.1. The minimum Gasteiger partial charge on any atom is -0.481 e. The van der Waals surface area contributed by atoms with Gasteiger partial charge in [-0.1, -0.05) is 18.9 Å². The van der Waals surface area contributed by atoms with E-state index in [9.17, 15) is 18.4 Å². The molecule has 0 saturated carbocycles. The number of carboxylic acid groups (broad SMARTS) is 1. The van der Waals surface area contributed by atoms with Gasteiger partial charge in [0.2, 0.25) is 0 Å². The van der Waals surface area contributed by atoms with Gasteiger partial charge in [-0.15, -0.1) is 0 Å². The van der Waals surface area contributed by atoms with Crippen molar-refractivity contribution < 1.29 is 23.5 Å². The van der Waals surface area contributed by atoms with Crippen LogP contribution in [0.2, 0.25) is 0 Å². The highest BCUT2D eigenvalue weighted by atomic mass is 19.1. The van der Waals surface area contributed by atoms with E-state index >= 15 is 0 Å². The van der Waals surface area contributed by atoms with Crippen molar-refractivity contribution in [1.82, 2.24) is 5.32 Å². The van der Waals surface area contributed by atoms with Crippen LogP contribution in [0.3, 0.4) is 0 Å². The molecule has 0 fully saturated rings. The normalized spacial score (nSPS) is 10.4. The summed E-state index contributed by atoms with van der Waals surface area (Å²) < 4.78 is 27.2. The molecule has 1 aromatic rings. The van der Waals surface area contributed by atoms with E-state index in [1.54, 1.807) is 0 Å². The molecular formula is C15H19F2NO3. The fourth-order valence-electron chi connectivity index (χ4n) is 1.91. The van der Waals surface area contributed by atoms with Gasteiger partial charge >= 0.3 is 5.97 Å². The van der Waals surface area contributed by atoms with Crippen molar-refractivity contribution in [2.45, 2.75) is 39.0 Å². The van der Waals surface area contributed by atoms with Crippen LogP contribution in [-0.4, -0.2) is 23.5 Å². The van der Waals surface area contributed by atoms with Crippen molar-refractivity contribution in [2.75, 3.05) is 6.54 Å². The van der Waals surface area contributed by atoms with Crippen molar-refractivity contribution in [3.05, 3.63) is 34.9 Å². The topological polar surface area (TPSA) is 66.4 Å². The summed E-state index contributed by atoms with van der Waals surface area (Å²) in [6.07, 6.45) is 2.86. The molecule has 0 bridgehead atoms. The third-order valence-corrected chi connectivity index (χ3v) is 3.11. The van der Waals surface area contributed by atoms with Crippen molar-refractivity contribution >= 4 is 11.9 Å². The molecule has 0 radical (unpaired) electrons. The van der Waals surface area contributed by atoms with Gasteiger partial charge in [-0.3, -0.25) is 9.59 Å². The third-order valence-electron chi connectivity index (χ3n) is 3.11. The molecule has 0 saturated heterocycles. The van der Waals surface area contributed by atoms with Crippen LogP contribution in [0.1, 0.15) is 48.0 Å². The second-order valence-electron chi connectivity index (χ2n) is 4.87. The fourth-order valence-corrected chi connectivity index (χ4v) is 1.91. The second kappa shape index (κ2) is 8.34. The van der Waals surface area contributed by atoms with Gasteiger partial charge in [-0.2, -0.15) is 0 Å². The van der Waals surface area contributed by atoms with E-state index in [4.69, 9.17) is 5.11 Å². The van der Waals surface area contributed by atoms with Crippen molar-refractivity contribution in [3.63, 3.8) is 0 Å². The highest BCUT2D eigenvalue weighted by Gasteiger charge is 2.18. The Kier molecular flexibility index (Phi) is 6.78. The summed E-state index contributed by atoms with van der Waals surface area (Å²) in [5, 5.41) is 10.9. The molecule has 0 unspecified atom stereocenters. The summed E-state index contributed by atoms with van der Waals surface area (Å²) in [5.41, 5.74) is -0.337. The maximum Gasteiger partial charge on any atom is 0.303 e. The van der Waals surface area contributed by atoms with Crippen molar-refractivity contribution in [2.24, 2.45) is 0 Å². The van der Waals surface area contributed by atoms with E-state index in [0.717, 1.165) is 18.9 Å². The van der Waals surface area contributed by atoms with Crippen LogP contribution in [0.15, 0.2) is 12.1 Å². The van der Waals surface area contributed by atoms with Gasteiger partial charge in [0.15, 0.2) is 0 Å². The van der Waals surface area contributed by atoms with Crippen molar-refractivity contribution in [1.29, 1.82) is 0 Å². The summed E-state index contributed by atoms with van der Waals surface area (Å²) in [6.45, 7) is 1.77. The number of unbranched alkanes of at least 4 members (excludes halogenated alkanes) is 3. The number of aliphatic carboxylic acids is 1. The number of aryl methyl sites for hydroxylation is 1. The molecule has 1 amide bonds. The number of carbonyl (C=O) groups excluding carboxylic acids is 1. The molecule has 0 aliphatic rings. The molecule has 4 nitrogen and oxygen atoms in total. The largest absolute Gasteiger partial charge is 0.481 e. The predicted octanol–water partition coefficient (Wildman–Crippen LogP) is 3.04. The lowest BCUT2D eigenvalue weighted by molar-refractivity contribution is -0.137. The standard InChI is InChI=1S/C15H19F2NO3/c1-10-7-8-11(16)13(14(10)17)15(21)18-9-5-3-2-4-6-12(19)20/h7-8H,2-6,9H2,1H3,(H,18,21)(H,19,20). The average Bonchev–Trinajstić information content (AvgIpc) is 2.42. The van der Waals surface area contributed by atoms with Crippen molar-refractivity contribution in [3.8, 4) is 0 Å². The molecule has 1 aromatic carbocycles. The van der Waals surface area contributed by atoms with Gasteiger partial charge in [0.1, 0.15) is 17.2 Å². The number of nitrogens with one attached hydrogen (secondary N) is 1. The zero-order valence-electron chi connectivity index (χ0n) is 11.9. The van der Waals surface area contributed by atoms with E-state index in [1.807, 2.05) is 0 Å². The summed E-state index contributed by atoms with van der Waals surface area (Å²) in [7, 11) is 0. The Morgan fingerprint density at radius 3 is 2.48 bits per heavy atom. The lowest BCUT2D eigenvalue weighted by Crippen LogP contribution is -2.26. The second-order valence-corrected chi connectivity index (χ2v) is 4.87. The van der Waals surface area contributed by atoms with E-state index in [1.165, 1.54) is 13.0 Å². The van der Waals surface area contributed by atoms with E-state index in [-0.39, 0.29) is 12.0 Å².